The molecule has 2 fully saturated rings. The van der Waals surface area contributed by atoms with E-state index in [1.165, 1.54) is 64.2 Å². The van der Waals surface area contributed by atoms with E-state index in [4.69, 9.17) is 0 Å². The van der Waals surface area contributed by atoms with Gasteiger partial charge in [-0.1, -0.05) is 50.7 Å². The van der Waals surface area contributed by atoms with E-state index in [1.54, 1.807) is 0 Å². The van der Waals surface area contributed by atoms with Crippen molar-refractivity contribution in [1.82, 2.24) is 4.90 Å². The van der Waals surface area contributed by atoms with Gasteiger partial charge in [0.25, 0.3) is 0 Å². The van der Waals surface area contributed by atoms with E-state index in [2.05, 4.69) is 40.4 Å². The lowest BCUT2D eigenvalue weighted by molar-refractivity contribution is 0.208. The Balaban J connectivity index is 2.09. The molecule has 0 aromatic heterocycles. The van der Waals surface area contributed by atoms with Crippen LogP contribution < -0.4 is 0 Å². The van der Waals surface area contributed by atoms with Gasteiger partial charge in [-0.2, -0.15) is 0 Å². The predicted octanol–water partition coefficient (Wildman–Crippen LogP) is 4.88. The summed E-state index contributed by atoms with van der Waals surface area (Å²) in [6, 6.07) is 0. The summed E-state index contributed by atoms with van der Waals surface area (Å²) < 4.78 is 0. The van der Waals surface area contributed by atoms with Crippen LogP contribution in [0, 0.1) is 11.8 Å². The minimum atomic E-state index is 0.386. The van der Waals surface area contributed by atoms with Gasteiger partial charge < -0.3 is 4.90 Å². The number of allylic oxidation sites excluding steroid dienone is 1. The predicted molar refractivity (Wildman–Crippen MR) is 93.3 cm³/mol. The number of nitrogens with zero attached hydrogens (tertiary/aromatic N) is 1. The third-order valence-corrected chi connectivity index (χ3v) is 6.64. The summed E-state index contributed by atoms with van der Waals surface area (Å²) >= 11 is 0. The van der Waals surface area contributed by atoms with Crippen LogP contribution in [0.2, 0.25) is 0 Å². The van der Waals surface area contributed by atoms with Crippen molar-refractivity contribution in [2.24, 2.45) is 11.8 Å². The summed E-state index contributed by atoms with van der Waals surface area (Å²) in [5.41, 5.74) is 0. The maximum Gasteiger partial charge on any atom is 0.0157 e. The summed E-state index contributed by atoms with van der Waals surface area (Å²) in [5.74, 6) is 1.81. The average molecular weight is 295 g/mol. The molecule has 2 aliphatic carbocycles. The smallest absolute Gasteiger partial charge is 0.0157 e. The highest BCUT2D eigenvalue weighted by molar-refractivity contribution is 7.19. The summed E-state index contributed by atoms with van der Waals surface area (Å²) in [6.45, 7) is 1.08. The highest BCUT2D eigenvalue weighted by Gasteiger charge is 2.39. The van der Waals surface area contributed by atoms with Crippen LogP contribution in [0.5, 0.6) is 0 Å². The van der Waals surface area contributed by atoms with E-state index in [9.17, 15) is 0 Å². The zero-order valence-electron chi connectivity index (χ0n) is 13.6. The van der Waals surface area contributed by atoms with E-state index < -0.39 is 0 Å². The van der Waals surface area contributed by atoms with Gasteiger partial charge in [-0.3, -0.25) is 0 Å². The minimum Gasteiger partial charge on any atom is -0.306 e. The summed E-state index contributed by atoms with van der Waals surface area (Å²) in [5, 5.41) is 0.386. The van der Waals surface area contributed by atoms with Gasteiger partial charge in [-0.15, -0.1) is 9.24 Å². The maximum absolute atomic E-state index is 3.33. The van der Waals surface area contributed by atoms with Gasteiger partial charge >= 0.3 is 0 Å². The first kappa shape index (κ1) is 16.5. The summed E-state index contributed by atoms with van der Waals surface area (Å²) in [4.78, 5) is 2.27. The van der Waals surface area contributed by atoms with E-state index >= 15 is 0 Å². The number of hydrogen-bond donors (Lipinski definition) is 0. The number of likely N-dealkylation sites (N-methyl/N-ethyl adjacent to an activating group) is 1. The maximum atomic E-state index is 3.33. The highest BCUT2D eigenvalue weighted by Crippen LogP contribution is 2.49. The van der Waals surface area contributed by atoms with Crippen molar-refractivity contribution < 1.29 is 0 Å². The second-order valence-corrected chi connectivity index (χ2v) is 8.33. The molecule has 0 saturated heterocycles. The Morgan fingerprint density at radius 2 is 1.35 bits per heavy atom. The SMILES string of the molecule is CN(C)CC=CC(P)(C1CCCCC1)C1CCCCC1. The molecule has 2 rings (SSSR count). The molecule has 0 amide bonds. The average Bonchev–Trinajstić information content (AvgIpc) is 2.48. The molecule has 0 N–H and O–H groups in total. The third kappa shape index (κ3) is 4.31. The van der Waals surface area contributed by atoms with Crippen molar-refractivity contribution in [2.75, 3.05) is 20.6 Å². The first-order valence-corrected chi connectivity index (χ1v) is 9.32. The van der Waals surface area contributed by atoms with Crippen LogP contribution in [0.1, 0.15) is 64.2 Å². The minimum absolute atomic E-state index is 0.386. The van der Waals surface area contributed by atoms with Crippen molar-refractivity contribution in [2.45, 2.75) is 69.4 Å². The van der Waals surface area contributed by atoms with Crippen LogP contribution in [-0.4, -0.2) is 30.7 Å². The van der Waals surface area contributed by atoms with E-state index in [1.807, 2.05) is 0 Å². The molecule has 2 saturated carbocycles. The van der Waals surface area contributed by atoms with Gasteiger partial charge in [0.05, 0.1) is 0 Å². The molecule has 0 radical (unpaired) electrons. The van der Waals surface area contributed by atoms with Gasteiger partial charge in [0.2, 0.25) is 0 Å². The lowest BCUT2D eigenvalue weighted by Gasteiger charge is -2.45. The first-order chi connectivity index (χ1) is 9.63. The Bertz CT molecular complexity index is 281. The molecular weight excluding hydrogens is 261 g/mol. The van der Waals surface area contributed by atoms with Crippen molar-refractivity contribution in [3.63, 3.8) is 0 Å². The van der Waals surface area contributed by atoms with Crippen LogP contribution in [0.25, 0.3) is 0 Å². The summed E-state index contributed by atoms with van der Waals surface area (Å²) in [7, 11) is 7.65. The largest absolute Gasteiger partial charge is 0.306 e. The van der Waals surface area contributed by atoms with Gasteiger partial charge in [0.1, 0.15) is 0 Å². The molecule has 0 aliphatic heterocycles. The lowest BCUT2D eigenvalue weighted by Crippen LogP contribution is -2.40. The van der Waals surface area contributed by atoms with Gasteiger partial charge in [0, 0.05) is 11.7 Å². The second kappa shape index (κ2) is 7.95. The van der Waals surface area contributed by atoms with Gasteiger partial charge in [0.15, 0.2) is 0 Å². The fraction of sp³-hybridized carbons (Fsp3) is 0.889. The number of rotatable bonds is 5. The molecule has 0 aromatic rings. The van der Waals surface area contributed by atoms with E-state index in [0.717, 1.165) is 18.4 Å². The molecule has 0 spiro atoms. The zero-order valence-corrected chi connectivity index (χ0v) is 14.8. The van der Waals surface area contributed by atoms with E-state index in [0.29, 0.717) is 5.16 Å². The van der Waals surface area contributed by atoms with E-state index in [-0.39, 0.29) is 0 Å². The Labute approximate surface area is 128 Å². The fourth-order valence-electron chi connectivity index (χ4n) is 4.28. The van der Waals surface area contributed by atoms with Crippen molar-refractivity contribution >= 4 is 9.24 Å². The summed E-state index contributed by atoms with van der Waals surface area (Å²) in [6.07, 6.45) is 19.6. The van der Waals surface area contributed by atoms with Crippen LogP contribution in [0.3, 0.4) is 0 Å². The standard InChI is InChI=1S/C18H34NP/c1-19(2)15-9-14-18(20,16-10-5-3-6-11-16)17-12-7-4-8-13-17/h9,14,16-17H,3-8,10-13,15,20H2,1-2H3. The molecule has 1 nitrogen and oxygen atoms in total. The molecule has 116 valence electrons. The molecule has 0 bridgehead atoms. The Morgan fingerprint density at radius 1 is 0.900 bits per heavy atom. The number of hydrogen-bond acceptors (Lipinski definition) is 1. The van der Waals surface area contributed by atoms with Crippen LogP contribution in [0.4, 0.5) is 0 Å². The zero-order chi connectivity index (χ0) is 14.4. The van der Waals surface area contributed by atoms with Crippen molar-refractivity contribution in [3.05, 3.63) is 12.2 Å². The Hall–Kier alpha value is 0.130. The molecule has 2 heteroatoms. The van der Waals surface area contributed by atoms with Gasteiger partial charge in [-0.05, 0) is 51.6 Å². The molecule has 1 unspecified atom stereocenters. The Kier molecular flexibility index (Phi) is 6.56. The highest BCUT2D eigenvalue weighted by atomic mass is 31.0. The van der Waals surface area contributed by atoms with Crippen molar-refractivity contribution in [1.29, 1.82) is 0 Å². The molecule has 0 heterocycles. The third-order valence-electron chi connectivity index (χ3n) is 5.50. The molecular formula is C18H34NP. The molecule has 2 aliphatic rings. The lowest BCUT2D eigenvalue weighted by atomic mass is 9.68. The monoisotopic (exact) mass is 295 g/mol. The van der Waals surface area contributed by atoms with Crippen molar-refractivity contribution in [3.8, 4) is 0 Å². The molecule has 20 heavy (non-hydrogen) atoms. The quantitative estimate of drug-likeness (QED) is 0.516. The molecule has 0 aromatic carbocycles. The second-order valence-electron chi connectivity index (χ2n) is 7.33. The van der Waals surface area contributed by atoms with Crippen LogP contribution >= 0.6 is 9.24 Å². The van der Waals surface area contributed by atoms with Gasteiger partial charge in [-0.25, -0.2) is 0 Å². The fourth-order valence-corrected chi connectivity index (χ4v) is 5.08. The molecule has 1 atom stereocenters. The normalized spacial score (nSPS) is 23.8. The topological polar surface area (TPSA) is 3.24 Å². The Morgan fingerprint density at radius 3 is 1.75 bits per heavy atom. The van der Waals surface area contributed by atoms with Crippen LogP contribution in [-0.2, 0) is 0 Å². The first-order valence-electron chi connectivity index (χ1n) is 8.74. The van der Waals surface area contributed by atoms with Crippen LogP contribution in [0.15, 0.2) is 12.2 Å².